The van der Waals surface area contributed by atoms with Crippen LogP contribution in [0.15, 0.2) is 18.5 Å². The molecule has 1 aliphatic carbocycles. The standard InChI is InChI=1S/C18H25F2N5O/c1-18(2,3)14(10-24-9-5-8-21-24)22-15(26)11-25-13-7-4-6-12(13)16(23-25)17(19)20/h5,8-9,14,17H,4,6-7,10-11H2,1-3H3,(H,22,26). The Morgan fingerprint density at radius 3 is 2.73 bits per heavy atom. The summed E-state index contributed by atoms with van der Waals surface area (Å²) in [7, 11) is 0. The Labute approximate surface area is 151 Å². The number of hydrogen-bond donors (Lipinski definition) is 1. The van der Waals surface area contributed by atoms with Crippen molar-refractivity contribution in [1.29, 1.82) is 0 Å². The summed E-state index contributed by atoms with van der Waals surface area (Å²) in [5.74, 6) is -0.227. The van der Waals surface area contributed by atoms with E-state index >= 15 is 0 Å². The van der Waals surface area contributed by atoms with Gasteiger partial charge in [0.2, 0.25) is 5.91 Å². The van der Waals surface area contributed by atoms with E-state index < -0.39 is 6.43 Å². The number of alkyl halides is 2. The van der Waals surface area contributed by atoms with Crippen molar-refractivity contribution < 1.29 is 13.6 Å². The molecule has 1 atom stereocenters. The van der Waals surface area contributed by atoms with Gasteiger partial charge in [-0.1, -0.05) is 20.8 Å². The Morgan fingerprint density at radius 2 is 2.12 bits per heavy atom. The van der Waals surface area contributed by atoms with Crippen LogP contribution in [0.4, 0.5) is 8.78 Å². The van der Waals surface area contributed by atoms with Crippen molar-refractivity contribution in [2.45, 2.75) is 65.6 Å². The highest BCUT2D eigenvalue weighted by atomic mass is 19.3. The third-order valence-electron chi connectivity index (χ3n) is 4.85. The van der Waals surface area contributed by atoms with Crippen LogP contribution in [0.2, 0.25) is 0 Å². The Morgan fingerprint density at radius 1 is 1.35 bits per heavy atom. The predicted octanol–water partition coefficient (Wildman–Crippen LogP) is 2.74. The fraction of sp³-hybridized carbons (Fsp3) is 0.611. The highest BCUT2D eigenvalue weighted by molar-refractivity contribution is 5.76. The Balaban J connectivity index is 1.72. The van der Waals surface area contributed by atoms with Crippen LogP contribution in [-0.4, -0.2) is 31.5 Å². The predicted molar refractivity (Wildman–Crippen MR) is 92.8 cm³/mol. The van der Waals surface area contributed by atoms with Crippen molar-refractivity contribution in [3.05, 3.63) is 35.4 Å². The molecule has 3 rings (SSSR count). The molecule has 142 valence electrons. The molecule has 26 heavy (non-hydrogen) atoms. The van der Waals surface area contributed by atoms with Gasteiger partial charge in [-0.15, -0.1) is 0 Å². The number of hydrogen-bond acceptors (Lipinski definition) is 3. The number of carbonyl (C=O) groups is 1. The zero-order valence-corrected chi connectivity index (χ0v) is 15.4. The average molecular weight is 365 g/mol. The topological polar surface area (TPSA) is 64.7 Å². The molecule has 6 nitrogen and oxygen atoms in total. The van der Waals surface area contributed by atoms with Crippen LogP contribution < -0.4 is 5.32 Å². The smallest absolute Gasteiger partial charge is 0.282 e. The van der Waals surface area contributed by atoms with Gasteiger partial charge in [-0.05, 0) is 30.7 Å². The van der Waals surface area contributed by atoms with Gasteiger partial charge in [0.15, 0.2) is 0 Å². The second-order valence-corrected chi connectivity index (χ2v) is 7.84. The minimum Gasteiger partial charge on any atom is -0.349 e. The monoisotopic (exact) mass is 365 g/mol. The first-order chi connectivity index (χ1) is 12.3. The maximum Gasteiger partial charge on any atom is 0.282 e. The van der Waals surface area contributed by atoms with Crippen LogP contribution >= 0.6 is 0 Å². The van der Waals surface area contributed by atoms with Gasteiger partial charge in [-0.2, -0.15) is 10.2 Å². The van der Waals surface area contributed by atoms with Gasteiger partial charge in [0.1, 0.15) is 12.2 Å². The van der Waals surface area contributed by atoms with Crippen molar-refractivity contribution >= 4 is 5.91 Å². The van der Waals surface area contributed by atoms with Gasteiger partial charge in [-0.25, -0.2) is 8.78 Å². The van der Waals surface area contributed by atoms with Crippen LogP contribution in [0.3, 0.4) is 0 Å². The van der Waals surface area contributed by atoms with Gasteiger partial charge < -0.3 is 5.32 Å². The third kappa shape index (κ3) is 3.94. The normalized spacial score (nSPS) is 15.3. The second-order valence-electron chi connectivity index (χ2n) is 7.84. The molecule has 2 aromatic rings. The first-order valence-corrected chi connectivity index (χ1v) is 8.89. The van der Waals surface area contributed by atoms with Gasteiger partial charge in [0.25, 0.3) is 6.43 Å². The lowest BCUT2D eigenvalue weighted by Crippen LogP contribution is -2.47. The highest BCUT2D eigenvalue weighted by Gasteiger charge is 2.30. The molecular formula is C18H25F2N5O. The third-order valence-corrected chi connectivity index (χ3v) is 4.85. The van der Waals surface area contributed by atoms with Gasteiger partial charge in [0, 0.05) is 23.7 Å². The van der Waals surface area contributed by atoms with Crippen LogP contribution in [0.5, 0.6) is 0 Å². The molecule has 0 saturated carbocycles. The summed E-state index contributed by atoms with van der Waals surface area (Å²) in [6, 6.07) is 1.69. The summed E-state index contributed by atoms with van der Waals surface area (Å²) >= 11 is 0. The van der Waals surface area contributed by atoms with Gasteiger partial charge in [0.05, 0.1) is 12.6 Å². The Kier molecular flexibility index (Phi) is 5.11. The first-order valence-electron chi connectivity index (χ1n) is 8.89. The molecule has 0 saturated heterocycles. The minimum absolute atomic E-state index is 0.0409. The van der Waals surface area contributed by atoms with Gasteiger partial charge in [-0.3, -0.25) is 14.2 Å². The van der Waals surface area contributed by atoms with E-state index in [-0.39, 0.29) is 29.6 Å². The van der Waals surface area contributed by atoms with Crippen LogP contribution in [0.25, 0.3) is 0 Å². The van der Waals surface area contributed by atoms with Crippen molar-refractivity contribution in [2.24, 2.45) is 5.41 Å². The number of halogens is 2. The maximum absolute atomic E-state index is 13.2. The van der Waals surface area contributed by atoms with Crippen LogP contribution in [-0.2, 0) is 30.7 Å². The van der Waals surface area contributed by atoms with Crippen molar-refractivity contribution in [1.82, 2.24) is 24.9 Å². The molecule has 1 unspecified atom stereocenters. The van der Waals surface area contributed by atoms with E-state index in [0.29, 0.717) is 24.9 Å². The lowest BCUT2D eigenvalue weighted by atomic mass is 9.86. The summed E-state index contributed by atoms with van der Waals surface area (Å²) in [5, 5.41) is 11.2. The Bertz CT molecular complexity index is 761. The number of aromatic nitrogens is 4. The molecule has 1 N–H and O–H groups in total. The zero-order valence-electron chi connectivity index (χ0n) is 15.4. The first kappa shape index (κ1) is 18.5. The molecule has 0 fully saturated rings. The van der Waals surface area contributed by atoms with E-state index in [1.165, 1.54) is 4.68 Å². The number of fused-ring (bicyclic) bond motifs is 1. The molecule has 0 bridgehead atoms. The zero-order chi connectivity index (χ0) is 18.9. The number of rotatable bonds is 6. The molecule has 0 radical (unpaired) electrons. The van der Waals surface area contributed by atoms with Gasteiger partial charge >= 0.3 is 0 Å². The molecule has 2 aromatic heterocycles. The summed E-state index contributed by atoms with van der Waals surface area (Å²) in [6.45, 7) is 6.63. The SMILES string of the molecule is CC(C)(C)C(Cn1cccn1)NC(=O)Cn1nc(C(F)F)c2c1CCC2. The molecule has 2 heterocycles. The summed E-state index contributed by atoms with van der Waals surface area (Å²) < 4.78 is 29.6. The highest BCUT2D eigenvalue weighted by Crippen LogP contribution is 2.31. The molecule has 0 aromatic carbocycles. The minimum atomic E-state index is -2.60. The number of nitrogens with one attached hydrogen (secondary N) is 1. The maximum atomic E-state index is 13.2. The average Bonchev–Trinajstić information content (AvgIpc) is 3.24. The van der Waals surface area contributed by atoms with E-state index in [1.807, 2.05) is 33.0 Å². The summed E-state index contributed by atoms with van der Waals surface area (Å²) in [5.41, 5.74) is 1.04. The number of carbonyl (C=O) groups excluding carboxylic acids is 1. The molecular weight excluding hydrogens is 340 g/mol. The van der Waals surface area contributed by atoms with Crippen molar-refractivity contribution in [3.63, 3.8) is 0 Å². The molecule has 0 spiro atoms. The van der Waals surface area contributed by atoms with E-state index in [1.54, 1.807) is 10.9 Å². The summed E-state index contributed by atoms with van der Waals surface area (Å²) in [6.07, 6.45) is 3.08. The molecule has 8 heteroatoms. The van der Waals surface area contributed by atoms with Crippen LogP contribution in [0.1, 0.15) is 50.6 Å². The molecule has 0 aliphatic heterocycles. The fourth-order valence-electron chi connectivity index (χ4n) is 3.35. The number of amides is 1. The summed E-state index contributed by atoms with van der Waals surface area (Å²) in [4.78, 5) is 12.6. The van der Waals surface area contributed by atoms with E-state index in [4.69, 9.17) is 0 Å². The Hall–Kier alpha value is -2.25. The van der Waals surface area contributed by atoms with Crippen molar-refractivity contribution in [3.8, 4) is 0 Å². The lowest BCUT2D eigenvalue weighted by molar-refractivity contribution is -0.123. The van der Waals surface area contributed by atoms with Crippen molar-refractivity contribution in [2.75, 3.05) is 0 Å². The van der Waals surface area contributed by atoms with E-state index in [2.05, 4.69) is 15.5 Å². The largest absolute Gasteiger partial charge is 0.349 e. The molecule has 1 aliphatic rings. The second kappa shape index (κ2) is 7.17. The molecule has 1 amide bonds. The fourth-order valence-corrected chi connectivity index (χ4v) is 3.35. The van der Waals surface area contributed by atoms with E-state index in [0.717, 1.165) is 12.1 Å². The number of nitrogens with zero attached hydrogens (tertiary/aromatic N) is 4. The quantitative estimate of drug-likeness (QED) is 0.856. The van der Waals surface area contributed by atoms with Crippen LogP contribution in [0, 0.1) is 5.41 Å². The lowest BCUT2D eigenvalue weighted by Gasteiger charge is -2.31. The van der Waals surface area contributed by atoms with E-state index in [9.17, 15) is 13.6 Å².